The third kappa shape index (κ3) is 5.11. The molecule has 2 N–H and O–H groups in total. The van der Waals surface area contributed by atoms with Crippen molar-refractivity contribution in [2.24, 2.45) is 0 Å². The highest BCUT2D eigenvalue weighted by Crippen LogP contribution is 2.30. The Kier molecular flexibility index (Phi) is 7.07. The van der Waals surface area contributed by atoms with Crippen molar-refractivity contribution < 1.29 is 4.79 Å². The van der Waals surface area contributed by atoms with Gasteiger partial charge in [0.2, 0.25) is 5.91 Å². The number of nitrogens with zero attached hydrogens (tertiary/aromatic N) is 1. The predicted octanol–water partition coefficient (Wildman–Crippen LogP) is 5.19. The average molecular weight is 464 g/mol. The van der Waals surface area contributed by atoms with Crippen molar-refractivity contribution in [1.82, 2.24) is 15.3 Å². The first-order valence-electron chi connectivity index (χ1n) is 10.5. The molecule has 164 valence electrons. The number of amides is 1. The third-order valence-corrected chi connectivity index (χ3v) is 7.39. The first-order chi connectivity index (χ1) is 15.5. The molecule has 32 heavy (non-hydrogen) atoms. The van der Waals surface area contributed by atoms with Gasteiger partial charge in [-0.3, -0.25) is 9.59 Å². The number of H-pyrrole nitrogens is 1. The van der Waals surface area contributed by atoms with E-state index in [0.717, 1.165) is 16.0 Å². The lowest BCUT2D eigenvalue weighted by atomic mass is 10.0. The molecule has 0 saturated heterocycles. The van der Waals surface area contributed by atoms with E-state index in [9.17, 15) is 9.59 Å². The first kappa shape index (κ1) is 22.3. The summed E-state index contributed by atoms with van der Waals surface area (Å²) in [5.74, 6) is 1.29. The number of fused-ring (bicyclic) bond motifs is 1. The number of aromatic nitrogens is 2. The van der Waals surface area contributed by atoms with Crippen LogP contribution >= 0.6 is 23.1 Å². The van der Waals surface area contributed by atoms with Gasteiger partial charge in [0.1, 0.15) is 10.7 Å². The molecule has 2 atom stereocenters. The highest BCUT2D eigenvalue weighted by Gasteiger charge is 2.17. The van der Waals surface area contributed by atoms with Crippen molar-refractivity contribution in [3.63, 3.8) is 0 Å². The van der Waals surface area contributed by atoms with E-state index in [2.05, 4.69) is 34.3 Å². The summed E-state index contributed by atoms with van der Waals surface area (Å²) >= 11 is 2.93. The van der Waals surface area contributed by atoms with Gasteiger partial charge in [0, 0.05) is 17.5 Å². The van der Waals surface area contributed by atoms with Crippen LogP contribution in [0.3, 0.4) is 0 Å². The number of aromatic amines is 1. The van der Waals surface area contributed by atoms with Gasteiger partial charge in [0.25, 0.3) is 5.56 Å². The quantitative estimate of drug-likeness (QED) is 0.377. The van der Waals surface area contributed by atoms with E-state index >= 15 is 0 Å². The number of rotatable bonds is 8. The van der Waals surface area contributed by atoms with Crippen molar-refractivity contribution in [3.8, 4) is 11.1 Å². The monoisotopic (exact) mass is 463 g/mol. The number of carbonyl (C=O) groups excluding carboxylic acids is 1. The number of hydrogen-bond acceptors (Lipinski definition) is 5. The zero-order valence-corrected chi connectivity index (χ0v) is 19.6. The standard InChI is InChI=1S/C25H25N3O2S2/c1-16(18-9-5-3-6-10-18)13-26-23(29)17(2)31-15-21-27-24(30)22-20(14-32-25(22)28-21)19-11-7-4-8-12-19/h3-12,14,16-17H,13,15H2,1-2H3,(H,26,29)(H,27,28,30)/t16-,17+/m1/s1. The summed E-state index contributed by atoms with van der Waals surface area (Å²) in [7, 11) is 0. The molecule has 1 amide bonds. The van der Waals surface area contributed by atoms with E-state index in [1.54, 1.807) is 0 Å². The normalized spacial score (nSPS) is 13.1. The zero-order chi connectivity index (χ0) is 22.5. The van der Waals surface area contributed by atoms with Gasteiger partial charge in [-0.1, -0.05) is 67.6 Å². The molecule has 2 heterocycles. The highest BCUT2D eigenvalue weighted by molar-refractivity contribution is 7.99. The molecule has 7 heteroatoms. The Bertz CT molecular complexity index is 1250. The van der Waals surface area contributed by atoms with Gasteiger partial charge in [-0.05, 0) is 24.0 Å². The molecule has 4 rings (SSSR count). The van der Waals surface area contributed by atoms with Crippen LogP contribution in [0.25, 0.3) is 21.3 Å². The van der Waals surface area contributed by atoms with E-state index in [4.69, 9.17) is 0 Å². The second-order valence-electron chi connectivity index (χ2n) is 7.72. The number of hydrogen-bond donors (Lipinski definition) is 2. The molecule has 0 fully saturated rings. The molecule has 4 aromatic rings. The number of thioether (sulfide) groups is 1. The van der Waals surface area contributed by atoms with Crippen LogP contribution in [0.4, 0.5) is 0 Å². The smallest absolute Gasteiger partial charge is 0.260 e. The maximum absolute atomic E-state index is 12.8. The lowest BCUT2D eigenvalue weighted by Gasteiger charge is -2.16. The lowest BCUT2D eigenvalue weighted by molar-refractivity contribution is -0.120. The molecule has 0 aliphatic heterocycles. The van der Waals surface area contributed by atoms with Crippen molar-refractivity contribution in [2.45, 2.75) is 30.8 Å². The van der Waals surface area contributed by atoms with Crippen molar-refractivity contribution in [1.29, 1.82) is 0 Å². The van der Waals surface area contributed by atoms with Crippen molar-refractivity contribution >= 4 is 39.2 Å². The van der Waals surface area contributed by atoms with Gasteiger partial charge >= 0.3 is 0 Å². The number of carbonyl (C=O) groups is 1. The fourth-order valence-electron chi connectivity index (χ4n) is 3.47. The Hall–Kier alpha value is -2.90. The Labute approximate surface area is 195 Å². The topological polar surface area (TPSA) is 74.8 Å². The maximum atomic E-state index is 12.8. The van der Waals surface area contributed by atoms with E-state index < -0.39 is 0 Å². The second kappa shape index (κ2) is 10.1. The summed E-state index contributed by atoms with van der Waals surface area (Å²) < 4.78 is 0. The van der Waals surface area contributed by atoms with E-state index in [-0.39, 0.29) is 22.6 Å². The largest absolute Gasteiger partial charge is 0.355 e. The van der Waals surface area contributed by atoms with Gasteiger partial charge in [-0.25, -0.2) is 4.98 Å². The Morgan fingerprint density at radius 2 is 1.78 bits per heavy atom. The van der Waals surface area contributed by atoms with Gasteiger partial charge in [0.15, 0.2) is 0 Å². The van der Waals surface area contributed by atoms with Crippen LogP contribution in [0.5, 0.6) is 0 Å². The zero-order valence-electron chi connectivity index (χ0n) is 18.0. The average Bonchev–Trinajstić information content (AvgIpc) is 3.26. The number of benzene rings is 2. The lowest BCUT2D eigenvalue weighted by Crippen LogP contribution is -2.33. The van der Waals surface area contributed by atoms with E-state index in [1.807, 2.05) is 60.8 Å². The SMILES string of the molecule is C[C@H](SCc1nc2scc(-c3ccccc3)c2c(=O)[nH]1)C(=O)NC[C@@H](C)c1ccccc1. The molecule has 5 nitrogen and oxygen atoms in total. The predicted molar refractivity (Wildman–Crippen MR) is 134 cm³/mol. The number of nitrogens with one attached hydrogen (secondary N) is 2. The van der Waals surface area contributed by atoms with E-state index in [1.165, 1.54) is 28.7 Å². The van der Waals surface area contributed by atoms with Crippen LogP contribution in [0.2, 0.25) is 0 Å². The van der Waals surface area contributed by atoms with Crippen LogP contribution in [-0.4, -0.2) is 27.7 Å². The first-order valence-corrected chi connectivity index (χ1v) is 12.5. The van der Waals surface area contributed by atoms with Gasteiger partial charge in [0.05, 0.1) is 16.4 Å². The van der Waals surface area contributed by atoms with Gasteiger partial charge < -0.3 is 10.3 Å². The molecule has 2 aromatic heterocycles. The molecule has 0 aliphatic carbocycles. The molecule has 0 aliphatic rings. The Morgan fingerprint density at radius 1 is 1.09 bits per heavy atom. The van der Waals surface area contributed by atoms with Crippen LogP contribution in [-0.2, 0) is 10.5 Å². The summed E-state index contributed by atoms with van der Waals surface area (Å²) in [6, 6.07) is 20.0. The minimum absolute atomic E-state index is 0.0105. The summed E-state index contributed by atoms with van der Waals surface area (Å²) in [6.07, 6.45) is 0. The molecule has 0 saturated carbocycles. The molecular formula is C25H25N3O2S2. The van der Waals surface area contributed by atoms with Crippen LogP contribution in [0.1, 0.15) is 31.2 Å². The summed E-state index contributed by atoms with van der Waals surface area (Å²) in [5, 5.41) is 5.38. The number of thiophene rings is 1. The van der Waals surface area contributed by atoms with Crippen molar-refractivity contribution in [3.05, 3.63) is 87.8 Å². The summed E-state index contributed by atoms with van der Waals surface area (Å²) in [4.78, 5) is 33.5. The summed E-state index contributed by atoms with van der Waals surface area (Å²) in [6.45, 7) is 4.57. The molecular weight excluding hydrogens is 438 g/mol. The molecule has 0 unspecified atom stereocenters. The van der Waals surface area contributed by atoms with Crippen LogP contribution in [0, 0.1) is 0 Å². The third-order valence-electron chi connectivity index (χ3n) is 5.37. The summed E-state index contributed by atoms with van der Waals surface area (Å²) in [5.41, 5.74) is 2.97. The maximum Gasteiger partial charge on any atom is 0.260 e. The molecule has 0 radical (unpaired) electrons. The fourth-order valence-corrected chi connectivity index (χ4v) is 5.21. The Morgan fingerprint density at radius 3 is 2.50 bits per heavy atom. The molecule has 2 aromatic carbocycles. The van der Waals surface area contributed by atoms with Gasteiger partial charge in [-0.2, -0.15) is 0 Å². The minimum Gasteiger partial charge on any atom is -0.355 e. The van der Waals surface area contributed by atoms with E-state index in [0.29, 0.717) is 23.5 Å². The van der Waals surface area contributed by atoms with Crippen LogP contribution < -0.4 is 10.9 Å². The molecule has 0 bridgehead atoms. The fraction of sp³-hybridized carbons (Fsp3) is 0.240. The molecule has 0 spiro atoms. The van der Waals surface area contributed by atoms with Crippen LogP contribution in [0.15, 0.2) is 70.8 Å². The Balaban J connectivity index is 1.37. The second-order valence-corrected chi connectivity index (χ2v) is 9.91. The van der Waals surface area contributed by atoms with Gasteiger partial charge in [-0.15, -0.1) is 23.1 Å². The highest BCUT2D eigenvalue weighted by atomic mass is 32.2. The minimum atomic E-state index is -0.248. The van der Waals surface area contributed by atoms with Crippen molar-refractivity contribution in [2.75, 3.05) is 6.54 Å².